The molecule has 0 aliphatic rings. The predicted molar refractivity (Wildman–Crippen MR) is 80.8 cm³/mol. The predicted octanol–water partition coefficient (Wildman–Crippen LogP) is 1.22. The molecule has 0 aromatic heterocycles. The van der Waals surface area contributed by atoms with Crippen LogP contribution in [0.15, 0.2) is 23.1 Å². The molecule has 1 atom stereocenters. The van der Waals surface area contributed by atoms with Crippen LogP contribution in [0.4, 0.5) is 5.69 Å². The average Bonchev–Trinajstić information content (AvgIpc) is 2.36. The van der Waals surface area contributed by atoms with E-state index < -0.39 is 16.1 Å². The highest BCUT2D eigenvalue weighted by Gasteiger charge is 2.30. The number of hydrogen-bond donors (Lipinski definition) is 3. The molecule has 4 N–H and O–H groups in total. The van der Waals surface area contributed by atoms with E-state index in [1.165, 1.54) is 18.2 Å². The van der Waals surface area contributed by atoms with Crippen molar-refractivity contribution in [1.29, 1.82) is 5.26 Å². The smallest absolute Gasteiger partial charge is 0.242 e. The molecule has 0 saturated carbocycles. The summed E-state index contributed by atoms with van der Waals surface area (Å²) in [5.74, 6) is 0. The maximum absolute atomic E-state index is 12.5. The van der Waals surface area contributed by atoms with E-state index in [9.17, 15) is 8.42 Å². The van der Waals surface area contributed by atoms with Gasteiger partial charge in [0, 0.05) is 18.3 Å². The van der Waals surface area contributed by atoms with Crippen LogP contribution in [-0.2, 0) is 10.0 Å². The van der Waals surface area contributed by atoms with Gasteiger partial charge in [-0.15, -0.1) is 0 Å². The van der Waals surface area contributed by atoms with E-state index in [0.29, 0.717) is 12.1 Å². The van der Waals surface area contributed by atoms with Gasteiger partial charge in [0.1, 0.15) is 6.07 Å². The highest BCUT2D eigenvalue weighted by atomic mass is 32.2. The van der Waals surface area contributed by atoms with Crippen molar-refractivity contribution in [1.82, 2.24) is 4.72 Å². The summed E-state index contributed by atoms with van der Waals surface area (Å²) in [5, 5.41) is 18.2. The standard InChI is InChI=1S/C14H21N3O3S/c1-14(2,3)13(6-7-18)17-21(19,20)12-5-4-11(16)8-10(12)9-15/h4-5,8,13,17-18H,6-7,16H2,1-3H3. The first-order valence-corrected chi connectivity index (χ1v) is 8.03. The molecule has 0 aliphatic heterocycles. The van der Waals surface area contributed by atoms with Gasteiger partial charge in [-0.3, -0.25) is 0 Å². The zero-order valence-electron chi connectivity index (χ0n) is 12.4. The van der Waals surface area contributed by atoms with Gasteiger partial charge in [0.25, 0.3) is 0 Å². The first kappa shape index (κ1) is 17.4. The number of hydrogen-bond acceptors (Lipinski definition) is 5. The maximum Gasteiger partial charge on any atom is 0.242 e. The third-order valence-electron chi connectivity index (χ3n) is 3.17. The molecule has 0 bridgehead atoms. The SMILES string of the molecule is CC(C)(C)C(CCO)NS(=O)(=O)c1ccc(N)cc1C#N. The topological polar surface area (TPSA) is 116 Å². The van der Waals surface area contributed by atoms with Crippen molar-refractivity contribution >= 4 is 15.7 Å². The van der Waals surface area contributed by atoms with Crippen molar-refractivity contribution in [2.24, 2.45) is 5.41 Å². The van der Waals surface area contributed by atoms with Crippen LogP contribution in [-0.4, -0.2) is 26.2 Å². The normalized spacial score (nSPS) is 13.7. The summed E-state index contributed by atoms with van der Waals surface area (Å²) in [6.45, 7) is 5.51. The molecule has 21 heavy (non-hydrogen) atoms. The Morgan fingerprint density at radius 1 is 1.43 bits per heavy atom. The van der Waals surface area contributed by atoms with Gasteiger partial charge < -0.3 is 10.8 Å². The number of nitrogens with one attached hydrogen (secondary N) is 1. The van der Waals surface area contributed by atoms with Gasteiger partial charge in [0.15, 0.2) is 0 Å². The molecule has 0 aliphatic carbocycles. The molecule has 0 radical (unpaired) electrons. The van der Waals surface area contributed by atoms with Crippen molar-refractivity contribution < 1.29 is 13.5 Å². The molecule has 1 unspecified atom stereocenters. The third-order valence-corrected chi connectivity index (χ3v) is 4.70. The van der Waals surface area contributed by atoms with Crippen LogP contribution in [0.2, 0.25) is 0 Å². The van der Waals surface area contributed by atoms with E-state index in [4.69, 9.17) is 16.1 Å². The Bertz CT molecular complexity index is 642. The first-order chi connectivity index (χ1) is 9.61. The third kappa shape index (κ3) is 4.43. The van der Waals surface area contributed by atoms with Crippen LogP contribution in [0.5, 0.6) is 0 Å². The summed E-state index contributed by atoms with van der Waals surface area (Å²) < 4.78 is 27.5. The van der Waals surface area contributed by atoms with E-state index in [1.54, 1.807) is 0 Å². The Morgan fingerprint density at radius 3 is 2.52 bits per heavy atom. The van der Waals surface area contributed by atoms with Crippen molar-refractivity contribution in [3.8, 4) is 6.07 Å². The Balaban J connectivity index is 3.20. The van der Waals surface area contributed by atoms with Crippen molar-refractivity contribution in [3.05, 3.63) is 23.8 Å². The van der Waals surface area contributed by atoms with E-state index in [0.717, 1.165) is 0 Å². The van der Waals surface area contributed by atoms with Crippen molar-refractivity contribution in [2.75, 3.05) is 12.3 Å². The zero-order chi connectivity index (χ0) is 16.3. The monoisotopic (exact) mass is 311 g/mol. The Kier molecular flexibility index (Phi) is 5.34. The summed E-state index contributed by atoms with van der Waals surface area (Å²) in [4.78, 5) is -0.105. The minimum Gasteiger partial charge on any atom is -0.399 e. The Morgan fingerprint density at radius 2 is 2.05 bits per heavy atom. The number of aliphatic hydroxyl groups excluding tert-OH is 1. The molecule has 0 amide bonds. The second-order valence-corrected chi connectivity index (χ2v) is 7.60. The first-order valence-electron chi connectivity index (χ1n) is 6.54. The highest BCUT2D eigenvalue weighted by molar-refractivity contribution is 7.89. The van der Waals surface area contributed by atoms with Crippen molar-refractivity contribution in [2.45, 2.75) is 38.1 Å². The summed E-state index contributed by atoms with van der Waals surface area (Å²) >= 11 is 0. The number of anilines is 1. The van der Waals surface area contributed by atoms with Gasteiger partial charge in [-0.05, 0) is 30.0 Å². The number of nitrogens with two attached hydrogens (primary N) is 1. The molecule has 7 heteroatoms. The van der Waals surface area contributed by atoms with E-state index in [2.05, 4.69) is 4.72 Å². The summed E-state index contributed by atoms with van der Waals surface area (Å²) in [6.07, 6.45) is 0.291. The largest absolute Gasteiger partial charge is 0.399 e. The second kappa shape index (κ2) is 6.43. The van der Waals surface area contributed by atoms with Crippen LogP contribution in [0.1, 0.15) is 32.8 Å². The summed E-state index contributed by atoms with van der Waals surface area (Å²) in [6, 6.07) is 5.47. The minimum atomic E-state index is -3.86. The van der Waals surface area contributed by atoms with E-state index >= 15 is 0 Å². The number of sulfonamides is 1. The van der Waals surface area contributed by atoms with Crippen LogP contribution >= 0.6 is 0 Å². The average molecular weight is 311 g/mol. The number of aliphatic hydroxyl groups is 1. The molecule has 0 fully saturated rings. The number of nitrogens with zero attached hydrogens (tertiary/aromatic N) is 1. The number of benzene rings is 1. The Labute approximate surface area is 125 Å². The van der Waals surface area contributed by atoms with Crippen molar-refractivity contribution in [3.63, 3.8) is 0 Å². The molecule has 1 aromatic rings. The lowest BCUT2D eigenvalue weighted by atomic mass is 9.86. The minimum absolute atomic E-state index is 0.000780. The molecule has 0 saturated heterocycles. The van der Waals surface area contributed by atoms with Crippen LogP contribution in [0.25, 0.3) is 0 Å². The number of rotatable bonds is 5. The zero-order valence-corrected chi connectivity index (χ0v) is 13.2. The Hall–Kier alpha value is -1.62. The number of nitriles is 1. The van der Waals surface area contributed by atoms with Gasteiger partial charge in [-0.2, -0.15) is 5.26 Å². The maximum atomic E-state index is 12.5. The fourth-order valence-corrected chi connectivity index (χ4v) is 3.53. The molecule has 1 aromatic carbocycles. The fraction of sp³-hybridized carbons (Fsp3) is 0.500. The summed E-state index contributed by atoms with van der Waals surface area (Å²) in [5.41, 5.74) is 5.53. The van der Waals surface area contributed by atoms with E-state index in [-0.39, 0.29) is 22.5 Å². The molecule has 1 rings (SSSR count). The van der Waals surface area contributed by atoms with Gasteiger partial charge in [-0.1, -0.05) is 20.8 Å². The molecular formula is C14H21N3O3S. The molecule has 116 valence electrons. The molecule has 0 heterocycles. The van der Waals surface area contributed by atoms with Gasteiger partial charge in [-0.25, -0.2) is 13.1 Å². The lowest BCUT2D eigenvalue weighted by Crippen LogP contribution is -2.44. The van der Waals surface area contributed by atoms with Gasteiger partial charge in [0.05, 0.1) is 10.5 Å². The molecule has 6 nitrogen and oxygen atoms in total. The lowest BCUT2D eigenvalue weighted by molar-refractivity contribution is 0.214. The number of nitrogen functional groups attached to an aromatic ring is 1. The highest BCUT2D eigenvalue weighted by Crippen LogP contribution is 2.25. The van der Waals surface area contributed by atoms with Crippen LogP contribution in [0, 0.1) is 16.7 Å². The second-order valence-electron chi connectivity index (χ2n) is 5.92. The van der Waals surface area contributed by atoms with Crippen LogP contribution in [0.3, 0.4) is 0 Å². The van der Waals surface area contributed by atoms with Crippen LogP contribution < -0.4 is 10.5 Å². The van der Waals surface area contributed by atoms with E-state index in [1.807, 2.05) is 26.8 Å². The van der Waals surface area contributed by atoms with Gasteiger partial charge >= 0.3 is 0 Å². The molecule has 0 spiro atoms. The lowest BCUT2D eigenvalue weighted by Gasteiger charge is -2.31. The van der Waals surface area contributed by atoms with Gasteiger partial charge in [0.2, 0.25) is 10.0 Å². The summed E-state index contributed by atoms with van der Waals surface area (Å²) in [7, 11) is -3.86. The molecular weight excluding hydrogens is 290 g/mol. The fourth-order valence-electron chi connectivity index (χ4n) is 1.92. The quantitative estimate of drug-likeness (QED) is 0.707.